The molecule has 2 aliphatic rings. The second-order valence-corrected chi connectivity index (χ2v) is 6.59. The molecule has 1 unspecified atom stereocenters. The third-order valence-corrected chi connectivity index (χ3v) is 4.95. The summed E-state index contributed by atoms with van der Waals surface area (Å²) >= 11 is 0. The first-order chi connectivity index (χ1) is 10.3. The summed E-state index contributed by atoms with van der Waals surface area (Å²) in [5.41, 5.74) is 0. The van der Waals surface area contributed by atoms with Crippen LogP contribution in [-0.4, -0.2) is 47.3 Å². The number of hydrogen-bond acceptors (Lipinski definition) is 5. The van der Waals surface area contributed by atoms with E-state index in [1.807, 2.05) is 6.92 Å². The van der Waals surface area contributed by atoms with Crippen molar-refractivity contribution >= 4 is 0 Å². The van der Waals surface area contributed by atoms with Crippen LogP contribution in [0.1, 0.15) is 50.2 Å². The lowest BCUT2D eigenvalue weighted by Crippen LogP contribution is -2.44. The highest BCUT2D eigenvalue weighted by atomic mass is 16.5. The maximum Gasteiger partial charge on any atom is 0.223 e. The summed E-state index contributed by atoms with van der Waals surface area (Å²) in [4.78, 5) is 6.90. The number of nitrogens with one attached hydrogen (secondary N) is 1. The van der Waals surface area contributed by atoms with E-state index in [1.54, 1.807) is 0 Å². The zero-order valence-corrected chi connectivity index (χ0v) is 13.2. The Morgan fingerprint density at radius 2 is 2.10 bits per heavy atom. The van der Waals surface area contributed by atoms with Crippen molar-refractivity contribution in [2.24, 2.45) is 5.92 Å². The summed E-state index contributed by atoms with van der Waals surface area (Å²) in [5, 5.41) is 7.80. The lowest BCUT2D eigenvalue weighted by Gasteiger charge is -2.32. The van der Waals surface area contributed by atoms with Gasteiger partial charge < -0.3 is 14.7 Å². The van der Waals surface area contributed by atoms with Crippen LogP contribution in [0.4, 0.5) is 0 Å². The molecule has 21 heavy (non-hydrogen) atoms. The highest BCUT2D eigenvalue weighted by Gasteiger charge is 2.26. The predicted octanol–water partition coefficient (Wildman–Crippen LogP) is 2.16. The molecule has 1 atom stereocenters. The van der Waals surface area contributed by atoms with Crippen molar-refractivity contribution in [2.45, 2.75) is 57.9 Å². The average molecular weight is 292 g/mol. The lowest BCUT2D eigenvalue weighted by molar-refractivity contribution is 0.206. The molecule has 0 spiro atoms. The molecule has 1 aromatic rings. The smallest absolute Gasteiger partial charge is 0.223 e. The van der Waals surface area contributed by atoms with Gasteiger partial charge in [0.2, 0.25) is 5.89 Å². The molecule has 5 heteroatoms. The fraction of sp³-hybridized carbons (Fsp3) is 0.875. The van der Waals surface area contributed by atoms with Crippen LogP contribution in [0.15, 0.2) is 4.52 Å². The Hall–Kier alpha value is -0.940. The van der Waals surface area contributed by atoms with Gasteiger partial charge in [-0.25, -0.2) is 0 Å². The largest absolute Gasteiger partial charge is 0.340 e. The number of hydrogen-bond donors (Lipinski definition) is 1. The molecule has 2 heterocycles. The second-order valence-electron chi connectivity index (χ2n) is 6.59. The fourth-order valence-electron chi connectivity index (χ4n) is 3.78. The molecule has 1 N–H and O–H groups in total. The SMILES string of the molecule is Cc1nc(CCN2CCCNC(C3CCCCC3)C2)no1. The molecule has 1 aromatic heterocycles. The standard InChI is InChI=1S/C16H28N4O/c1-13-18-16(19-21-13)8-11-20-10-5-9-17-15(12-20)14-6-3-2-4-7-14/h14-15,17H,2-12H2,1H3. The molecule has 1 aliphatic heterocycles. The Bertz CT molecular complexity index is 428. The van der Waals surface area contributed by atoms with Gasteiger partial charge in [0.05, 0.1) is 0 Å². The minimum atomic E-state index is 0.669. The minimum absolute atomic E-state index is 0.669. The summed E-state index contributed by atoms with van der Waals surface area (Å²) in [6.45, 7) is 6.43. The predicted molar refractivity (Wildman–Crippen MR) is 82.2 cm³/mol. The van der Waals surface area contributed by atoms with E-state index in [-0.39, 0.29) is 0 Å². The molecule has 2 fully saturated rings. The van der Waals surface area contributed by atoms with Crippen molar-refractivity contribution in [1.82, 2.24) is 20.4 Å². The van der Waals surface area contributed by atoms with Crippen molar-refractivity contribution in [2.75, 3.05) is 26.2 Å². The second kappa shape index (κ2) is 7.36. The van der Waals surface area contributed by atoms with Crippen molar-refractivity contribution in [3.8, 4) is 0 Å². The molecule has 0 radical (unpaired) electrons. The van der Waals surface area contributed by atoms with Gasteiger partial charge in [-0.1, -0.05) is 24.4 Å². The van der Waals surface area contributed by atoms with E-state index in [9.17, 15) is 0 Å². The molecule has 1 saturated carbocycles. The third-order valence-electron chi connectivity index (χ3n) is 4.95. The first-order valence-corrected chi connectivity index (χ1v) is 8.56. The molecule has 1 aliphatic carbocycles. The molecular weight excluding hydrogens is 264 g/mol. The molecule has 3 rings (SSSR count). The van der Waals surface area contributed by atoms with Gasteiger partial charge in [-0.05, 0) is 38.3 Å². The zero-order chi connectivity index (χ0) is 14.5. The van der Waals surface area contributed by atoms with Gasteiger partial charge in [0.25, 0.3) is 0 Å². The molecule has 0 bridgehead atoms. The summed E-state index contributed by atoms with van der Waals surface area (Å²) in [6, 6.07) is 0.680. The molecule has 1 saturated heterocycles. The van der Waals surface area contributed by atoms with Crippen molar-refractivity contribution < 1.29 is 4.52 Å². The lowest BCUT2D eigenvalue weighted by atomic mass is 9.83. The summed E-state index contributed by atoms with van der Waals surface area (Å²) in [7, 11) is 0. The molecular formula is C16H28N4O. The first-order valence-electron chi connectivity index (χ1n) is 8.56. The van der Waals surface area contributed by atoms with Crippen molar-refractivity contribution in [3.05, 3.63) is 11.7 Å². The number of rotatable bonds is 4. The van der Waals surface area contributed by atoms with Crippen LogP contribution in [0.5, 0.6) is 0 Å². The van der Waals surface area contributed by atoms with E-state index in [4.69, 9.17) is 4.52 Å². The average Bonchev–Trinajstić information content (AvgIpc) is 2.79. The molecule has 118 valence electrons. The highest BCUT2D eigenvalue weighted by Crippen LogP contribution is 2.27. The van der Waals surface area contributed by atoms with Crippen molar-refractivity contribution in [1.29, 1.82) is 0 Å². The van der Waals surface area contributed by atoms with E-state index in [0.717, 1.165) is 24.7 Å². The fourth-order valence-corrected chi connectivity index (χ4v) is 3.78. The Balaban J connectivity index is 1.51. The topological polar surface area (TPSA) is 54.2 Å². The first kappa shape index (κ1) is 15.0. The Morgan fingerprint density at radius 1 is 1.24 bits per heavy atom. The van der Waals surface area contributed by atoms with E-state index in [0.29, 0.717) is 11.9 Å². The number of nitrogens with zero attached hydrogens (tertiary/aromatic N) is 3. The third kappa shape index (κ3) is 4.27. The number of aryl methyl sites for hydroxylation is 1. The van der Waals surface area contributed by atoms with Gasteiger partial charge in [0.15, 0.2) is 5.82 Å². The Kier molecular flexibility index (Phi) is 5.25. The maximum atomic E-state index is 5.05. The molecule has 0 amide bonds. The van der Waals surface area contributed by atoms with Crippen LogP contribution in [0.25, 0.3) is 0 Å². The highest BCUT2D eigenvalue weighted by molar-refractivity contribution is 4.88. The van der Waals surface area contributed by atoms with Crippen LogP contribution >= 0.6 is 0 Å². The van der Waals surface area contributed by atoms with Gasteiger partial charge in [-0.15, -0.1) is 0 Å². The van der Waals surface area contributed by atoms with Gasteiger partial charge >= 0.3 is 0 Å². The van der Waals surface area contributed by atoms with Crippen LogP contribution in [0.3, 0.4) is 0 Å². The summed E-state index contributed by atoms with van der Waals surface area (Å²) in [5.74, 6) is 2.40. The van der Waals surface area contributed by atoms with E-state index < -0.39 is 0 Å². The molecule has 5 nitrogen and oxygen atoms in total. The van der Waals surface area contributed by atoms with Gasteiger partial charge in [0.1, 0.15) is 0 Å². The van der Waals surface area contributed by atoms with Gasteiger partial charge in [-0.3, -0.25) is 0 Å². The minimum Gasteiger partial charge on any atom is -0.340 e. The van der Waals surface area contributed by atoms with Crippen LogP contribution < -0.4 is 5.32 Å². The maximum absolute atomic E-state index is 5.05. The molecule has 0 aromatic carbocycles. The van der Waals surface area contributed by atoms with Gasteiger partial charge in [0, 0.05) is 32.5 Å². The van der Waals surface area contributed by atoms with E-state index in [2.05, 4.69) is 20.4 Å². The summed E-state index contributed by atoms with van der Waals surface area (Å²) in [6.07, 6.45) is 9.24. The summed E-state index contributed by atoms with van der Waals surface area (Å²) < 4.78 is 5.05. The van der Waals surface area contributed by atoms with Gasteiger partial charge in [-0.2, -0.15) is 4.98 Å². The van der Waals surface area contributed by atoms with Crippen LogP contribution in [0, 0.1) is 12.8 Å². The van der Waals surface area contributed by atoms with Crippen LogP contribution in [0.2, 0.25) is 0 Å². The quantitative estimate of drug-likeness (QED) is 0.921. The van der Waals surface area contributed by atoms with Crippen LogP contribution in [-0.2, 0) is 6.42 Å². The van der Waals surface area contributed by atoms with E-state index in [1.165, 1.54) is 58.2 Å². The monoisotopic (exact) mass is 292 g/mol. The zero-order valence-electron chi connectivity index (χ0n) is 13.2. The number of aromatic nitrogens is 2. The van der Waals surface area contributed by atoms with E-state index >= 15 is 0 Å². The Morgan fingerprint density at radius 3 is 2.86 bits per heavy atom. The van der Waals surface area contributed by atoms with Crippen molar-refractivity contribution in [3.63, 3.8) is 0 Å². The Labute approximate surface area is 127 Å². The normalized spacial score (nSPS) is 25.9.